The molecule has 2 aliphatic heterocycles. The minimum atomic E-state index is -0.588. The van der Waals surface area contributed by atoms with Gasteiger partial charge in [-0.15, -0.1) is 0 Å². The normalized spacial score (nSPS) is 23.6. The summed E-state index contributed by atoms with van der Waals surface area (Å²) in [6.45, 7) is 4.41. The van der Waals surface area contributed by atoms with Gasteiger partial charge >= 0.3 is 0 Å². The van der Waals surface area contributed by atoms with E-state index in [9.17, 15) is 5.11 Å². The van der Waals surface area contributed by atoms with Crippen LogP contribution in [0.25, 0.3) is 6.08 Å². The number of fused-ring (bicyclic) bond motifs is 2. The standard InChI is InChI=1S/C20H21NO2/c1-19(2)16-9-4-5-10-17(16)21(3)20(19)12-11-14-7-6-8-15(13-22)18(14)23-20/h4-12,22H,13H2,1-3H3. The molecule has 23 heavy (non-hydrogen) atoms. The van der Waals surface area contributed by atoms with Gasteiger partial charge in [-0.2, -0.15) is 0 Å². The Morgan fingerprint density at radius 2 is 1.87 bits per heavy atom. The number of para-hydroxylation sites is 2. The molecule has 0 saturated heterocycles. The largest absolute Gasteiger partial charge is 0.462 e. The van der Waals surface area contributed by atoms with Crippen LogP contribution in [0.5, 0.6) is 5.75 Å². The lowest BCUT2D eigenvalue weighted by Crippen LogP contribution is -2.58. The molecule has 1 spiro atoms. The number of aliphatic hydroxyl groups excluding tert-OH is 1. The van der Waals surface area contributed by atoms with Gasteiger partial charge in [-0.3, -0.25) is 0 Å². The lowest BCUT2D eigenvalue weighted by molar-refractivity contribution is 0.0557. The Morgan fingerprint density at radius 1 is 1.09 bits per heavy atom. The zero-order chi connectivity index (χ0) is 16.2. The molecule has 3 nitrogen and oxygen atoms in total. The molecular formula is C20H21NO2. The Hall–Kier alpha value is -2.26. The SMILES string of the molecule is CN1c2ccccc2C(C)(C)C12C=Cc1cccc(CO)c1O2. The molecule has 1 unspecified atom stereocenters. The third-order valence-corrected chi connectivity index (χ3v) is 5.38. The molecular weight excluding hydrogens is 286 g/mol. The van der Waals surface area contributed by atoms with Crippen LogP contribution in [-0.4, -0.2) is 17.9 Å². The first-order valence-electron chi connectivity index (χ1n) is 7.95. The smallest absolute Gasteiger partial charge is 0.211 e. The van der Waals surface area contributed by atoms with Gasteiger partial charge in [0.15, 0.2) is 0 Å². The van der Waals surface area contributed by atoms with Gasteiger partial charge in [0.25, 0.3) is 0 Å². The Balaban J connectivity index is 1.91. The summed E-state index contributed by atoms with van der Waals surface area (Å²) >= 11 is 0. The molecule has 0 amide bonds. The summed E-state index contributed by atoms with van der Waals surface area (Å²) in [7, 11) is 2.07. The topological polar surface area (TPSA) is 32.7 Å². The van der Waals surface area contributed by atoms with E-state index < -0.39 is 5.72 Å². The van der Waals surface area contributed by atoms with Crippen molar-refractivity contribution in [3.8, 4) is 5.75 Å². The number of aliphatic hydroxyl groups is 1. The first-order chi connectivity index (χ1) is 11.0. The number of ether oxygens (including phenoxy) is 1. The Kier molecular flexibility index (Phi) is 2.88. The fraction of sp³-hybridized carbons (Fsp3) is 0.300. The van der Waals surface area contributed by atoms with Crippen LogP contribution in [0.15, 0.2) is 48.5 Å². The molecule has 0 radical (unpaired) electrons. The summed E-state index contributed by atoms with van der Waals surface area (Å²) in [4.78, 5) is 2.20. The van der Waals surface area contributed by atoms with Crippen molar-refractivity contribution in [1.82, 2.24) is 0 Å². The van der Waals surface area contributed by atoms with Crippen molar-refractivity contribution in [2.24, 2.45) is 0 Å². The lowest BCUT2D eigenvalue weighted by atomic mass is 9.76. The van der Waals surface area contributed by atoms with E-state index >= 15 is 0 Å². The average molecular weight is 307 g/mol. The molecule has 2 aliphatic rings. The van der Waals surface area contributed by atoms with Gasteiger partial charge in [0, 0.05) is 23.9 Å². The third-order valence-electron chi connectivity index (χ3n) is 5.38. The highest BCUT2D eigenvalue weighted by molar-refractivity contribution is 5.72. The molecule has 0 aromatic heterocycles. The van der Waals surface area contributed by atoms with Crippen LogP contribution in [0, 0.1) is 0 Å². The van der Waals surface area contributed by atoms with E-state index in [1.165, 1.54) is 11.3 Å². The maximum absolute atomic E-state index is 9.68. The fourth-order valence-corrected chi connectivity index (χ4v) is 3.98. The van der Waals surface area contributed by atoms with E-state index in [0.29, 0.717) is 0 Å². The van der Waals surface area contributed by atoms with Crippen molar-refractivity contribution in [1.29, 1.82) is 0 Å². The van der Waals surface area contributed by atoms with E-state index in [1.54, 1.807) is 0 Å². The highest BCUT2D eigenvalue weighted by atomic mass is 16.5. The van der Waals surface area contributed by atoms with E-state index in [4.69, 9.17) is 4.74 Å². The summed E-state index contributed by atoms with van der Waals surface area (Å²) in [5.74, 6) is 0.783. The molecule has 118 valence electrons. The van der Waals surface area contributed by atoms with Gasteiger partial charge < -0.3 is 14.7 Å². The fourth-order valence-electron chi connectivity index (χ4n) is 3.98. The maximum atomic E-state index is 9.68. The van der Waals surface area contributed by atoms with Crippen LogP contribution in [0.3, 0.4) is 0 Å². The monoisotopic (exact) mass is 307 g/mol. The van der Waals surface area contributed by atoms with E-state index in [2.05, 4.69) is 62.2 Å². The summed E-state index contributed by atoms with van der Waals surface area (Å²) in [5, 5.41) is 9.68. The first kappa shape index (κ1) is 14.3. The summed E-state index contributed by atoms with van der Waals surface area (Å²) < 4.78 is 6.59. The second-order valence-electron chi connectivity index (χ2n) is 6.83. The Labute approximate surface area is 136 Å². The Morgan fingerprint density at radius 3 is 2.61 bits per heavy atom. The molecule has 0 saturated carbocycles. The van der Waals surface area contributed by atoms with Crippen molar-refractivity contribution >= 4 is 11.8 Å². The Bertz CT molecular complexity index is 809. The molecule has 2 aromatic rings. The van der Waals surface area contributed by atoms with Crippen LogP contribution in [0.2, 0.25) is 0 Å². The molecule has 4 rings (SSSR count). The van der Waals surface area contributed by atoms with Crippen molar-refractivity contribution in [3.05, 3.63) is 65.2 Å². The average Bonchev–Trinajstić information content (AvgIpc) is 2.74. The third kappa shape index (κ3) is 1.68. The minimum Gasteiger partial charge on any atom is -0.462 e. The van der Waals surface area contributed by atoms with Gasteiger partial charge in [-0.25, -0.2) is 0 Å². The lowest BCUT2D eigenvalue weighted by Gasteiger charge is -2.46. The maximum Gasteiger partial charge on any atom is 0.211 e. The quantitative estimate of drug-likeness (QED) is 0.872. The van der Waals surface area contributed by atoms with Gasteiger partial charge in [-0.05, 0) is 37.6 Å². The molecule has 2 aromatic carbocycles. The van der Waals surface area contributed by atoms with Crippen LogP contribution in [0.4, 0.5) is 5.69 Å². The van der Waals surface area contributed by atoms with Crippen LogP contribution >= 0.6 is 0 Å². The predicted octanol–water partition coefficient (Wildman–Crippen LogP) is 3.71. The molecule has 0 aliphatic carbocycles. The molecule has 2 heterocycles. The number of hydrogen-bond donors (Lipinski definition) is 1. The molecule has 0 bridgehead atoms. The van der Waals surface area contributed by atoms with Crippen LogP contribution < -0.4 is 9.64 Å². The van der Waals surface area contributed by atoms with Gasteiger partial charge in [-0.1, -0.05) is 36.4 Å². The number of rotatable bonds is 1. The van der Waals surface area contributed by atoms with Crippen LogP contribution in [0.1, 0.15) is 30.5 Å². The number of nitrogens with zero attached hydrogens (tertiary/aromatic N) is 1. The summed E-state index contributed by atoms with van der Waals surface area (Å²) in [5.41, 5.74) is 3.50. The second-order valence-corrected chi connectivity index (χ2v) is 6.83. The highest BCUT2D eigenvalue weighted by Crippen LogP contribution is 2.54. The van der Waals surface area contributed by atoms with Crippen molar-refractivity contribution in [3.63, 3.8) is 0 Å². The van der Waals surface area contributed by atoms with Crippen LogP contribution in [-0.2, 0) is 12.0 Å². The zero-order valence-corrected chi connectivity index (χ0v) is 13.7. The molecule has 3 heteroatoms. The van der Waals surface area contributed by atoms with E-state index in [-0.39, 0.29) is 12.0 Å². The van der Waals surface area contributed by atoms with Gasteiger partial charge in [0.1, 0.15) is 5.75 Å². The van der Waals surface area contributed by atoms with Gasteiger partial charge in [0.05, 0.1) is 12.0 Å². The molecule has 0 fully saturated rings. The van der Waals surface area contributed by atoms with Crippen molar-refractivity contribution in [2.45, 2.75) is 31.6 Å². The number of likely N-dealkylation sites (N-methyl/N-ethyl adjacent to an activating group) is 1. The summed E-state index contributed by atoms with van der Waals surface area (Å²) in [6.07, 6.45) is 4.26. The van der Waals surface area contributed by atoms with E-state index in [0.717, 1.165) is 16.9 Å². The molecule has 1 N–H and O–H groups in total. The van der Waals surface area contributed by atoms with E-state index in [1.807, 2.05) is 18.2 Å². The number of benzene rings is 2. The minimum absolute atomic E-state index is 0.0236. The highest BCUT2D eigenvalue weighted by Gasteiger charge is 2.57. The van der Waals surface area contributed by atoms with Gasteiger partial charge in [0.2, 0.25) is 5.72 Å². The molecule has 1 atom stereocenters. The first-order valence-corrected chi connectivity index (χ1v) is 7.95. The number of anilines is 1. The number of hydrogen-bond acceptors (Lipinski definition) is 3. The predicted molar refractivity (Wildman–Crippen MR) is 92.6 cm³/mol. The van der Waals surface area contributed by atoms with Crippen molar-refractivity contribution < 1.29 is 9.84 Å². The second kappa shape index (κ2) is 4.62. The summed E-state index contributed by atoms with van der Waals surface area (Å²) in [6, 6.07) is 14.3. The van der Waals surface area contributed by atoms with Crippen molar-refractivity contribution in [2.75, 3.05) is 11.9 Å². The zero-order valence-electron chi connectivity index (χ0n) is 13.7.